The molecule has 1 saturated heterocycles. The summed E-state index contributed by atoms with van der Waals surface area (Å²) >= 11 is 0. The van der Waals surface area contributed by atoms with Gasteiger partial charge in [-0.15, -0.1) is 10.2 Å². The highest BCUT2D eigenvalue weighted by molar-refractivity contribution is 5.76. The molecule has 1 aliphatic heterocycles. The molecule has 1 amide bonds. The second-order valence-corrected chi connectivity index (χ2v) is 7.23. The van der Waals surface area contributed by atoms with E-state index in [0.717, 1.165) is 30.0 Å². The Hall–Kier alpha value is -3.26. The Morgan fingerprint density at radius 2 is 1.93 bits per heavy atom. The molecule has 3 heterocycles. The first kappa shape index (κ1) is 20.0. The van der Waals surface area contributed by atoms with Crippen LogP contribution in [-0.2, 0) is 22.5 Å². The lowest BCUT2D eigenvalue weighted by molar-refractivity contribution is -0.121. The number of carbonyl (C=O) groups excluding carboxylic acids is 1. The highest BCUT2D eigenvalue weighted by atomic mass is 16.5. The molecule has 30 heavy (non-hydrogen) atoms. The minimum Gasteiger partial charge on any atom is -0.421 e. The Bertz CT molecular complexity index is 980. The molecular weight excluding hydrogens is 382 g/mol. The van der Waals surface area contributed by atoms with Crippen LogP contribution in [0.15, 0.2) is 47.0 Å². The van der Waals surface area contributed by atoms with Gasteiger partial charge in [0.2, 0.25) is 17.7 Å². The third-order valence-corrected chi connectivity index (χ3v) is 4.99. The molecule has 0 bridgehead atoms. The molecule has 8 nitrogen and oxygen atoms in total. The maximum Gasteiger partial charge on any atom is 0.247 e. The summed E-state index contributed by atoms with van der Waals surface area (Å²) in [6, 6.07) is 11.8. The molecule has 8 heteroatoms. The number of rotatable bonds is 7. The number of aromatic nitrogens is 3. The number of ether oxygens (including phenoxy) is 1. The predicted octanol–water partition coefficient (Wildman–Crippen LogP) is 2.53. The van der Waals surface area contributed by atoms with E-state index < -0.39 is 0 Å². The smallest absolute Gasteiger partial charge is 0.247 e. The SMILES string of the molecule is Cc1ccc(-c2nnc(CCC(=O)NCc3cccnc3N3CCOCC3)o2)cc1. The number of pyridine rings is 1. The van der Waals surface area contributed by atoms with Crippen molar-refractivity contribution in [3.8, 4) is 11.5 Å². The van der Waals surface area contributed by atoms with Gasteiger partial charge in [-0.25, -0.2) is 4.98 Å². The number of amides is 1. The Labute approximate surface area is 175 Å². The van der Waals surface area contributed by atoms with Gasteiger partial charge in [0, 0.05) is 49.8 Å². The van der Waals surface area contributed by atoms with E-state index in [1.54, 1.807) is 6.20 Å². The topological polar surface area (TPSA) is 93.4 Å². The fourth-order valence-electron chi connectivity index (χ4n) is 3.30. The standard InChI is InChI=1S/C22H25N5O3/c1-16-4-6-17(7-5-16)22-26-25-20(30-22)9-8-19(28)24-15-18-3-2-10-23-21(18)27-11-13-29-14-12-27/h2-7,10H,8-9,11-15H2,1H3,(H,24,28). The van der Waals surface area contributed by atoms with Crippen LogP contribution in [0.2, 0.25) is 0 Å². The summed E-state index contributed by atoms with van der Waals surface area (Å²) in [5.41, 5.74) is 3.03. The van der Waals surface area contributed by atoms with Crippen molar-refractivity contribution in [2.24, 2.45) is 0 Å². The number of nitrogens with zero attached hydrogens (tertiary/aromatic N) is 4. The molecule has 0 radical (unpaired) electrons. The van der Waals surface area contributed by atoms with Gasteiger partial charge < -0.3 is 19.4 Å². The molecular formula is C22H25N5O3. The van der Waals surface area contributed by atoms with Gasteiger partial charge >= 0.3 is 0 Å². The Morgan fingerprint density at radius 1 is 1.13 bits per heavy atom. The van der Waals surface area contributed by atoms with Crippen LogP contribution in [0.1, 0.15) is 23.4 Å². The van der Waals surface area contributed by atoms with E-state index in [1.807, 2.05) is 43.3 Å². The summed E-state index contributed by atoms with van der Waals surface area (Å²) in [6.45, 7) is 5.44. The summed E-state index contributed by atoms with van der Waals surface area (Å²) in [6.07, 6.45) is 2.45. The van der Waals surface area contributed by atoms with E-state index in [9.17, 15) is 4.79 Å². The summed E-state index contributed by atoms with van der Waals surface area (Å²) in [5, 5.41) is 11.1. The molecule has 0 aliphatic carbocycles. The van der Waals surface area contributed by atoms with Crippen LogP contribution in [0.25, 0.3) is 11.5 Å². The van der Waals surface area contributed by atoms with E-state index >= 15 is 0 Å². The van der Waals surface area contributed by atoms with Crippen LogP contribution in [0.5, 0.6) is 0 Å². The fraction of sp³-hybridized carbons (Fsp3) is 0.364. The van der Waals surface area contributed by atoms with Crippen LogP contribution in [0, 0.1) is 6.92 Å². The lowest BCUT2D eigenvalue weighted by Crippen LogP contribution is -2.37. The van der Waals surface area contributed by atoms with E-state index in [0.29, 0.717) is 38.0 Å². The quantitative estimate of drug-likeness (QED) is 0.643. The minimum atomic E-state index is -0.0677. The molecule has 4 rings (SSSR count). The first-order valence-corrected chi connectivity index (χ1v) is 10.1. The molecule has 0 saturated carbocycles. The zero-order valence-electron chi connectivity index (χ0n) is 17.0. The number of aryl methyl sites for hydroxylation is 2. The molecule has 3 aromatic rings. The van der Waals surface area contributed by atoms with Crippen molar-refractivity contribution in [1.82, 2.24) is 20.5 Å². The van der Waals surface area contributed by atoms with Crippen molar-refractivity contribution in [3.05, 3.63) is 59.6 Å². The lowest BCUT2D eigenvalue weighted by Gasteiger charge is -2.29. The minimum absolute atomic E-state index is 0.0677. The van der Waals surface area contributed by atoms with Crippen molar-refractivity contribution in [2.45, 2.75) is 26.3 Å². The van der Waals surface area contributed by atoms with Gasteiger partial charge in [0.05, 0.1) is 13.2 Å². The van der Waals surface area contributed by atoms with Crippen LogP contribution < -0.4 is 10.2 Å². The van der Waals surface area contributed by atoms with Gasteiger partial charge in [-0.2, -0.15) is 0 Å². The highest BCUT2D eigenvalue weighted by Gasteiger charge is 2.16. The largest absolute Gasteiger partial charge is 0.421 e. The lowest BCUT2D eigenvalue weighted by atomic mass is 10.1. The van der Waals surface area contributed by atoms with Gasteiger partial charge in [0.25, 0.3) is 0 Å². The summed E-state index contributed by atoms with van der Waals surface area (Å²) < 4.78 is 11.1. The second kappa shape index (κ2) is 9.49. The van der Waals surface area contributed by atoms with Crippen molar-refractivity contribution in [3.63, 3.8) is 0 Å². The van der Waals surface area contributed by atoms with Crippen LogP contribution in [0.4, 0.5) is 5.82 Å². The fourth-order valence-corrected chi connectivity index (χ4v) is 3.30. The third kappa shape index (κ3) is 5.01. The van der Waals surface area contributed by atoms with E-state index in [-0.39, 0.29) is 12.3 Å². The van der Waals surface area contributed by atoms with Gasteiger partial charge in [-0.1, -0.05) is 23.8 Å². The van der Waals surface area contributed by atoms with E-state index in [2.05, 4.69) is 25.4 Å². The number of morpholine rings is 1. The van der Waals surface area contributed by atoms with Crippen molar-refractivity contribution >= 4 is 11.7 Å². The molecule has 156 valence electrons. The van der Waals surface area contributed by atoms with Gasteiger partial charge in [-0.3, -0.25) is 4.79 Å². The van der Waals surface area contributed by atoms with Gasteiger partial charge in [-0.05, 0) is 25.1 Å². The molecule has 1 fully saturated rings. The second-order valence-electron chi connectivity index (χ2n) is 7.23. The molecule has 2 aromatic heterocycles. The molecule has 1 aromatic carbocycles. The maximum atomic E-state index is 12.3. The number of anilines is 1. The van der Waals surface area contributed by atoms with Crippen molar-refractivity contribution in [1.29, 1.82) is 0 Å². The van der Waals surface area contributed by atoms with Crippen LogP contribution in [0.3, 0.4) is 0 Å². The molecule has 0 spiro atoms. The predicted molar refractivity (Wildman–Crippen MR) is 112 cm³/mol. The molecule has 1 aliphatic rings. The number of nitrogens with one attached hydrogen (secondary N) is 1. The first-order valence-electron chi connectivity index (χ1n) is 10.1. The molecule has 0 atom stereocenters. The summed E-state index contributed by atoms with van der Waals surface area (Å²) in [7, 11) is 0. The normalized spacial score (nSPS) is 14.0. The number of hydrogen-bond acceptors (Lipinski definition) is 7. The number of carbonyl (C=O) groups is 1. The van der Waals surface area contributed by atoms with Gasteiger partial charge in [0.1, 0.15) is 5.82 Å². The average Bonchev–Trinajstić information content (AvgIpc) is 3.27. The third-order valence-electron chi connectivity index (χ3n) is 4.99. The Balaban J connectivity index is 1.29. The zero-order valence-corrected chi connectivity index (χ0v) is 17.0. The molecule has 1 N–H and O–H groups in total. The van der Waals surface area contributed by atoms with Gasteiger partial charge in [0.15, 0.2) is 0 Å². The van der Waals surface area contributed by atoms with E-state index in [4.69, 9.17) is 9.15 Å². The van der Waals surface area contributed by atoms with Crippen molar-refractivity contribution < 1.29 is 13.9 Å². The van der Waals surface area contributed by atoms with Crippen molar-refractivity contribution in [2.75, 3.05) is 31.2 Å². The Morgan fingerprint density at radius 3 is 2.73 bits per heavy atom. The van der Waals surface area contributed by atoms with Crippen LogP contribution >= 0.6 is 0 Å². The molecule has 0 unspecified atom stereocenters. The average molecular weight is 407 g/mol. The monoisotopic (exact) mass is 407 g/mol. The summed E-state index contributed by atoms with van der Waals surface area (Å²) in [5.74, 6) is 1.76. The van der Waals surface area contributed by atoms with Crippen LogP contribution in [-0.4, -0.2) is 47.4 Å². The summed E-state index contributed by atoms with van der Waals surface area (Å²) in [4.78, 5) is 19.0. The number of hydrogen-bond donors (Lipinski definition) is 1. The maximum absolute atomic E-state index is 12.3. The zero-order chi connectivity index (χ0) is 20.8. The first-order chi connectivity index (χ1) is 14.7. The Kier molecular flexibility index (Phi) is 6.34. The van der Waals surface area contributed by atoms with E-state index in [1.165, 1.54) is 5.56 Å². The highest BCUT2D eigenvalue weighted by Crippen LogP contribution is 2.20. The number of benzene rings is 1.